The number of Topliss-reactive ketones (excluding diaryl/α,β-unsaturated/α-hetero) is 1. The lowest BCUT2D eigenvalue weighted by atomic mass is 9.57. The van der Waals surface area contributed by atoms with Gasteiger partial charge in [0.1, 0.15) is 11.7 Å². The molecule has 144 valence electrons. The number of carbonyl (C=O) groups excluding carboxylic acids is 2. The van der Waals surface area contributed by atoms with E-state index in [4.69, 9.17) is 9.47 Å². The Balaban J connectivity index is 1.46. The lowest BCUT2D eigenvalue weighted by molar-refractivity contribution is -0.150. The summed E-state index contributed by atoms with van der Waals surface area (Å²) in [5, 5.41) is 0. The molecule has 5 unspecified atom stereocenters. The molecule has 2 fully saturated rings. The van der Waals surface area contributed by atoms with Gasteiger partial charge in [0.25, 0.3) is 0 Å². The monoisotopic (exact) mass is 368 g/mol. The Hall–Kier alpha value is -1.94. The van der Waals surface area contributed by atoms with Crippen molar-refractivity contribution in [1.29, 1.82) is 0 Å². The van der Waals surface area contributed by atoms with E-state index in [9.17, 15) is 9.59 Å². The summed E-state index contributed by atoms with van der Waals surface area (Å²) in [5.74, 6) is -0.505. The molecule has 3 aliphatic rings. The fourth-order valence-corrected chi connectivity index (χ4v) is 5.55. The number of fused-ring (bicyclic) bond motifs is 3. The summed E-state index contributed by atoms with van der Waals surface area (Å²) in [6.07, 6.45) is 6.77. The molecule has 27 heavy (non-hydrogen) atoms. The molecule has 0 heterocycles. The number of allylic oxidation sites excluding steroid dienone is 1. The minimum absolute atomic E-state index is 0.00789. The van der Waals surface area contributed by atoms with Crippen molar-refractivity contribution in [2.45, 2.75) is 51.7 Å². The molecule has 2 saturated carbocycles. The average molecular weight is 368 g/mol. The third kappa shape index (κ3) is 3.25. The second-order valence-corrected chi connectivity index (χ2v) is 8.49. The topological polar surface area (TPSA) is 52.6 Å². The van der Waals surface area contributed by atoms with Crippen molar-refractivity contribution >= 4 is 11.8 Å². The molecule has 0 N–H and O–H groups in total. The summed E-state index contributed by atoms with van der Waals surface area (Å²) >= 11 is 0. The predicted octanol–water partition coefficient (Wildman–Crippen LogP) is 4.09. The Morgan fingerprint density at radius 2 is 2.00 bits per heavy atom. The van der Waals surface area contributed by atoms with Gasteiger partial charge in [-0.05, 0) is 48.5 Å². The first-order valence-electron chi connectivity index (χ1n) is 9.98. The van der Waals surface area contributed by atoms with E-state index in [0.29, 0.717) is 13.0 Å². The van der Waals surface area contributed by atoms with Gasteiger partial charge in [0, 0.05) is 6.42 Å². The summed E-state index contributed by atoms with van der Waals surface area (Å²) < 4.78 is 11.1. The molecule has 0 aliphatic heterocycles. The van der Waals surface area contributed by atoms with Crippen molar-refractivity contribution < 1.29 is 19.1 Å². The number of ether oxygens (including phenoxy) is 2. The molecule has 0 saturated heterocycles. The zero-order valence-corrected chi connectivity index (χ0v) is 16.1. The molecule has 5 atom stereocenters. The van der Waals surface area contributed by atoms with Crippen LogP contribution >= 0.6 is 0 Å². The largest absolute Gasteiger partial charge is 0.468 e. The van der Waals surface area contributed by atoms with Crippen LogP contribution in [-0.2, 0) is 25.7 Å². The minimum atomic E-state index is -0.568. The van der Waals surface area contributed by atoms with Crippen LogP contribution in [0.1, 0.15) is 44.6 Å². The highest BCUT2D eigenvalue weighted by atomic mass is 16.5. The van der Waals surface area contributed by atoms with Gasteiger partial charge in [-0.2, -0.15) is 0 Å². The fourth-order valence-electron chi connectivity index (χ4n) is 5.55. The maximum atomic E-state index is 12.5. The molecule has 0 radical (unpaired) electrons. The van der Waals surface area contributed by atoms with Gasteiger partial charge in [0.15, 0.2) is 0 Å². The maximum absolute atomic E-state index is 12.5. The molecule has 4 rings (SSSR count). The normalized spacial score (nSPS) is 35.2. The van der Waals surface area contributed by atoms with Crippen molar-refractivity contribution in [2.75, 3.05) is 7.11 Å². The predicted molar refractivity (Wildman–Crippen MR) is 102 cm³/mol. The van der Waals surface area contributed by atoms with Crippen LogP contribution in [0.3, 0.4) is 0 Å². The molecular formula is C23H28O4. The van der Waals surface area contributed by atoms with Crippen molar-refractivity contribution in [2.24, 2.45) is 23.2 Å². The van der Waals surface area contributed by atoms with Gasteiger partial charge in [0.05, 0.1) is 19.8 Å². The zero-order valence-electron chi connectivity index (χ0n) is 16.1. The van der Waals surface area contributed by atoms with Gasteiger partial charge in [-0.3, -0.25) is 9.59 Å². The van der Waals surface area contributed by atoms with E-state index in [1.54, 1.807) is 0 Å². The van der Waals surface area contributed by atoms with Crippen LogP contribution in [0.25, 0.3) is 0 Å². The summed E-state index contributed by atoms with van der Waals surface area (Å²) in [5.41, 5.74) is 2.63. The molecule has 4 heteroatoms. The number of hydrogen-bond donors (Lipinski definition) is 0. The van der Waals surface area contributed by atoms with Crippen molar-refractivity contribution in [3.63, 3.8) is 0 Å². The Morgan fingerprint density at radius 3 is 2.74 bits per heavy atom. The van der Waals surface area contributed by atoms with E-state index in [0.717, 1.165) is 25.7 Å². The minimum Gasteiger partial charge on any atom is -0.468 e. The third-order valence-electron chi connectivity index (χ3n) is 7.12. The maximum Gasteiger partial charge on any atom is 0.316 e. The van der Waals surface area contributed by atoms with E-state index in [1.165, 1.54) is 18.2 Å². The molecule has 0 bridgehead atoms. The summed E-state index contributed by atoms with van der Waals surface area (Å²) in [7, 11) is 1.38. The van der Waals surface area contributed by atoms with Crippen molar-refractivity contribution in [1.82, 2.24) is 0 Å². The number of esters is 1. The highest BCUT2D eigenvalue weighted by Crippen LogP contribution is 2.58. The van der Waals surface area contributed by atoms with Gasteiger partial charge < -0.3 is 9.47 Å². The van der Waals surface area contributed by atoms with E-state index in [-0.39, 0.29) is 35.1 Å². The zero-order chi connectivity index (χ0) is 19.0. The average Bonchev–Trinajstić information content (AvgIpc) is 3.04. The standard InChI is InChI=1S/C23H28O4/c1-23-11-10-17(27-14-15-6-4-3-5-7-15)12-16(23)8-9-18-19(23)13-20(24)21(18)22(25)26-2/h3-8,17-19,21H,9-14H2,1-2H3. The Labute approximate surface area is 160 Å². The molecule has 4 nitrogen and oxygen atoms in total. The summed E-state index contributed by atoms with van der Waals surface area (Å²) in [4.78, 5) is 24.7. The van der Waals surface area contributed by atoms with Gasteiger partial charge in [0.2, 0.25) is 0 Å². The number of carbonyl (C=O) groups is 2. The second-order valence-electron chi connectivity index (χ2n) is 8.49. The molecule has 0 amide bonds. The lowest BCUT2D eigenvalue weighted by Gasteiger charge is -2.49. The van der Waals surface area contributed by atoms with Crippen LogP contribution in [0, 0.1) is 23.2 Å². The summed E-state index contributed by atoms with van der Waals surface area (Å²) in [6.45, 7) is 2.93. The van der Waals surface area contributed by atoms with Gasteiger partial charge in [-0.1, -0.05) is 48.9 Å². The van der Waals surface area contributed by atoms with Crippen LogP contribution in [-0.4, -0.2) is 25.0 Å². The van der Waals surface area contributed by atoms with Crippen LogP contribution in [0.4, 0.5) is 0 Å². The van der Waals surface area contributed by atoms with Crippen LogP contribution < -0.4 is 0 Å². The molecule has 0 spiro atoms. The van der Waals surface area contributed by atoms with Crippen LogP contribution in [0.5, 0.6) is 0 Å². The van der Waals surface area contributed by atoms with Crippen molar-refractivity contribution in [3.8, 4) is 0 Å². The van der Waals surface area contributed by atoms with Gasteiger partial charge in [-0.15, -0.1) is 0 Å². The fraction of sp³-hybridized carbons (Fsp3) is 0.565. The third-order valence-corrected chi connectivity index (χ3v) is 7.12. The molecule has 1 aromatic carbocycles. The van der Waals surface area contributed by atoms with E-state index < -0.39 is 5.92 Å². The van der Waals surface area contributed by atoms with Gasteiger partial charge >= 0.3 is 5.97 Å². The SMILES string of the molecule is COC(=O)C1C(=O)CC2C1CC=C1CC(OCc3ccccc3)CCC12C. The molecule has 3 aliphatic carbocycles. The molecule has 1 aromatic rings. The first-order chi connectivity index (χ1) is 13.0. The first kappa shape index (κ1) is 18.4. The quantitative estimate of drug-likeness (QED) is 0.456. The second kappa shape index (κ2) is 7.23. The number of benzene rings is 1. The Morgan fingerprint density at radius 1 is 1.22 bits per heavy atom. The number of ketones is 1. The highest BCUT2D eigenvalue weighted by Gasteiger charge is 2.56. The number of hydrogen-bond acceptors (Lipinski definition) is 4. The van der Waals surface area contributed by atoms with E-state index in [2.05, 4.69) is 25.1 Å². The number of rotatable bonds is 4. The summed E-state index contributed by atoms with van der Waals surface area (Å²) in [6, 6.07) is 10.3. The van der Waals surface area contributed by atoms with Crippen LogP contribution in [0.2, 0.25) is 0 Å². The Kier molecular flexibility index (Phi) is 4.94. The lowest BCUT2D eigenvalue weighted by Crippen LogP contribution is -2.42. The van der Waals surface area contributed by atoms with Crippen LogP contribution in [0.15, 0.2) is 42.0 Å². The highest BCUT2D eigenvalue weighted by molar-refractivity contribution is 6.01. The van der Waals surface area contributed by atoms with E-state index >= 15 is 0 Å². The van der Waals surface area contributed by atoms with Gasteiger partial charge in [-0.25, -0.2) is 0 Å². The molecule has 0 aromatic heterocycles. The Bertz CT molecular complexity index is 753. The smallest absolute Gasteiger partial charge is 0.316 e. The number of methoxy groups -OCH3 is 1. The molecular weight excluding hydrogens is 340 g/mol. The van der Waals surface area contributed by atoms with E-state index in [1.807, 2.05) is 18.2 Å². The first-order valence-corrected chi connectivity index (χ1v) is 9.98. The van der Waals surface area contributed by atoms with Crippen molar-refractivity contribution in [3.05, 3.63) is 47.5 Å².